The Bertz CT molecular complexity index is 1120. The molecule has 0 fully saturated rings. The highest BCUT2D eigenvalue weighted by Crippen LogP contribution is 2.34. The first kappa shape index (κ1) is 16.6. The van der Waals surface area contributed by atoms with Gasteiger partial charge < -0.3 is 9.72 Å². The highest BCUT2D eigenvalue weighted by Gasteiger charge is 2.20. The maximum absolute atomic E-state index is 12.7. The molecule has 4 rings (SSSR count). The maximum Gasteiger partial charge on any atom is 0.260 e. The van der Waals surface area contributed by atoms with Crippen LogP contribution < -0.4 is 10.3 Å². The van der Waals surface area contributed by atoms with Crippen LogP contribution in [0.1, 0.15) is 34.7 Å². The van der Waals surface area contributed by atoms with E-state index >= 15 is 0 Å². The number of rotatable bonds is 3. The molecule has 0 saturated carbocycles. The minimum atomic E-state index is -0.162. The molecule has 2 aromatic heterocycles. The lowest BCUT2D eigenvalue weighted by molar-refractivity contribution is 0.414. The van der Waals surface area contributed by atoms with E-state index in [0.717, 1.165) is 41.6 Å². The maximum atomic E-state index is 12.7. The Balaban J connectivity index is 1.86. The quantitative estimate of drug-likeness (QED) is 0.715. The zero-order valence-corrected chi connectivity index (χ0v) is 15.2. The number of nitrogens with one attached hydrogen (secondary N) is 1. The molecule has 0 saturated heterocycles. The number of allylic oxidation sites excluding steroid dienone is 1. The standard InChI is InChI=1S/C20H17N3O2S/c1-25-15-8-4-2-6-12(15)10-13(11-21)18-22-19(24)17-14-7-3-5-9-16(14)26-20(17)23-18/h2,4,6,8,10H,3,5,7,9H2,1H3,(H,22,23,24). The van der Waals surface area contributed by atoms with Crippen molar-refractivity contribution in [1.29, 1.82) is 5.26 Å². The van der Waals surface area contributed by atoms with Crippen LogP contribution in [-0.2, 0) is 12.8 Å². The molecule has 1 N–H and O–H groups in total. The third kappa shape index (κ3) is 2.80. The number of ether oxygens (including phenoxy) is 1. The van der Waals surface area contributed by atoms with Crippen LogP contribution >= 0.6 is 11.3 Å². The van der Waals surface area contributed by atoms with E-state index in [9.17, 15) is 10.1 Å². The molecule has 5 nitrogen and oxygen atoms in total. The largest absolute Gasteiger partial charge is 0.496 e. The third-order valence-corrected chi connectivity index (χ3v) is 5.83. The molecule has 0 amide bonds. The van der Waals surface area contributed by atoms with E-state index in [4.69, 9.17) is 4.74 Å². The molecule has 0 aliphatic heterocycles. The summed E-state index contributed by atoms with van der Waals surface area (Å²) in [5.74, 6) is 0.963. The van der Waals surface area contributed by atoms with Crippen LogP contribution in [0.4, 0.5) is 0 Å². The van der Waals surface area contributed by atoms with E-state index in [1.165, 1.54) is 4.88 Å². The topological polar surface area (TPSA) is 78.8 Å². The minimum Gasteiger partial charge on any atom is -0.496 e. The van der Waals surface area contributed by atoms with Crippen molar-refractivity contribution in [3.63, 3.8) is 0 Å². The minimum absolute atomic E-state index is 0.162. The van der Waals surface area contributed by atoms with Gasteiger partial charge in [0.05, 0.1) is 18.1 Å². The second kappa shape index (κ2) is 6.77. The van der Waals surface area contributed by atoms with Crippen molar-refractivity contribution < 1.29 is 4.74 Å². The number of aryl methyl sites for hydroxylation is 2. The summed E-state index contributed by atoms with van der Waals surface area (Å²) in [5.41, 5.74) is 2.05. The van der Waals surface area contributed by atoms with Gasteiger partial charge in [-0.25, -0.2) is 4.98 Å². The number of para-hydroxylation sites is 1. The van der Waals surface area contributed by atoms with Crippen molar-refractivity contribution in [3.8, 4) is 11.8 Å². The van der Waals surface area contributed by atoms with Crippen molar-refractivity contribution in [2.75, 3.05) is 7.11 Å². The van der Waals surface area contributed by atoms with Gasteiger partial charge in [0, 0.05) is 10.4 Å². The number of thiophene rings is 1. The van der Waals surface area contributed by atoms with Crippen LogP contribution in [0.25, 0.3) is 21.9 Å². The molecule has 3 aromatic rings. The number of methoxy groups -OCH3 is 1. The van der Waals surface area contributed by atoms with Crippen LogP contribution in [0.5, 0.6) is 5.75 Å². The molecule has 130 valence electrons. The van der Waals surface area contributed by atoms with E-state index in [0.29, 0.717) is 22.5 Å². The molecule has 26 heavy (non-hydrogen) atoms. The number of aromatic amines is 1. The summed E-state index contributed by atoms with van der Waals surface area (Å²) in [6, 6.07) is 9.57. The van der Waals surface area contributed by atoms with E-state index in [1.54, 1.807) is 24.5 Å². The first-order valence-electron chi connectivity index (χ1n) is 8.51. The van der Waals surface area contributed by atoms with Gasteiger partial charge >= 0.3 is 0 Å². The van der Waals surface area contributed by atoms with E-state index in [1.807, 2.05) is 24.3 Å². The first-order chi connectivity index (χ1) is 12.7. The fraction of sp³-hybridized carbons (Fsp3) is 0.250. The summed E-state index contributed by atoms with van der Waals surface area (Å²) in [6.07, 6.45) is 5.89. The molecule has 0 atom stereocenters. The monoisotopic (exact) mass is 363 g/mol. The Morgan fingerprint density at radius 3 is 2.96 bits per heavy atom. The van der Waals surface area contributed by atoms with Gasteiger partial charge in [0.1, 0.15) is 16.6 Å². The van der Waals surface area contributed by atoms with Crippen LogP contribution in [0.15, 0.2) is 29.1 Å². The van der Waals surface area contributed by atoms with Gasteiger partial charge in [-0.1, -0.05) is 18.2 Å². The van der Waals surface area contributed by atoms with Crippen molar-refractivity contribution in [2.45, 2.75) is 25.7 Å². The molecule has 2 heterocycles. The molecule has 1 aromatic carbocycles. The number of aromatic nitrogens is 2. The molecule has 1 aliphatic carbocycles. The fourth-order valence-corrected chi connectivity index (χ4v) is 4.65. The molecular weight excluding hydrogens is 346 g/mol. The Labute approximate surface area is 154 Å². The molecular formula is C20H17N3O2S. The number of benzene rings is 1. The lowest BCUT2D eigenvalue weighted by atomic mass is 9.97. The van der Waals surface area contributed by atoms with Crippen molar-refractivity contribution >= 4 is 33.2 Å². The molecule has 6 heteroatoms. The van der Waals surface area contributed by atoms with Gasteiger partial charge in [-0.2, -0.15) is 5.26 Å². The number of H-pyrrole nitrogens is 1. The van der Waals surface area contributed by atoms with Crippen LogP contribution in [-0.4, -0.2) is 17.1 Å². The lowest BCUT2D eigenvalue weighted by Gasteiger charge is -2.09. The van der Waals surface area contributed by atoms with Crippen LogP contribution in [0, 0.1) is 11.3 Å². The zero-order valence-electron chi connectivity index (χ0n) is 14.3. The van der Waals surface area contributed by atoms with Gasteiger partial charge in [-0.3, -0.25) is 4.79 Å². The second-order valence-corrected chi connectivity index (χ2v) is 7.30. The molecule has 0 bridgehead atoms. The molecule has 0 spiro atoms. The lowest BCUT2D eigenvalue weighted by Crippen LogP contribution is -2.12. The molecule has 0 unspecified atom stereocenters. The summed E-state index contributed by atoms with van der Waals surface area (Å²) in [7, 11) is 1.58. The molecule has 0 radical (unpaired) electrons. The number of fused-ring (bicyclic) bond motifs is 3. The first-order valence-corrected chi connectivity index (χ1v) is 9.32. The average molecular weight is 363 g/mol. The smallest absolute Gasteiger partial charge is 0.260 e. The van der Waals surface area contributed by atoms with Gasteiger partial charge in [0.2, 0.25) is 0 Å². The Kier molecular flexibility index (Phi) is 4.31. The van der Waals surface area contributed by atoms with E-state index in [-0.39, 0.29) is 5.56 Å². The predicted molar refractivity (Wildman–Crippen MR) is 103 cm³/mol. The van der Waals surface area contributed by atoms with Crippen molar-refractivity contribution in [1.82, 2.24) is 9.97 Å². The Hall–Kier alpha value is -2.91. The van der Waals surface area contributed by atoms with Crippen molar-refractivity contribution in [3.05, 3.63) is 56.4 Å². The summed E-state index contributed by atoms with van der Waals surface area (Å²) < 4.78 is 5.33. The van der Waals surface area contributed by atoms with Crippen molar-refractivity contribution in [2.24, 2.45) is 0 Å². The number of hydrogen-bond donors (Lipinski definition) is 1. The number of nitrogens with zero attached hydrogens (tertiary/aromatic N) is 2. The number of nitriles is 1. The van der Waals surface area contributed by atoms with Gasteiger partial charge in [-0.05, 0) is 43.4 Å². The third-order valence-electron chi connectivity index (χ3n) is 4.64. The molecule has 1 aliphatic rings. The van der Waals surface area contributed by atoms with Crippen LogP contribution in [0.2, 0.25) is 0 Å². The normalized spacial score (nSPS) is 14.1. The Morgan fingerprint density at radius 1 is 1.35 bits per heavy atom. The highest BCUT2D eigenvalue weighted by molar-refractivity contribution is 7.18. The summed E-state index contributed by atoms with van der Waals surface area (Å²) in [5, 5.41) is 10.3. The van der Waals surface area contributed by atoms with Gasteiger partial charge in [0.25, 0.3) is 5.56 Å². The summed E-state index contributed by atoms with van der Waals surface area (Å²) in [4.78, 5) is 22.1. The van der Waals surface area contributed by atoms with Gasteiger partial charge in [0.15, 0.2) is 5.82 Å². The Morgan fingerprint density at radius 2 is 2.15 bits per heavy atom. The summed E-state index contributed by atoms with van der Waals surface area (Å²) >= 11 is 1.58. The van der Waals surface area contributed by atoms with E-state index in [2.05, 4.69) is 16.0 Å². The fourth-order valence-electron chi connectivity index (χ4n) is 3.39. The predicted octanol–water partition coefficient (Wildman–Crippen LogP) is 3.94. The SMILES string of the molecule is COc1ccccc1C=C(C#N)c1nc2sc3c(c2c(=O)[nH]1)CCCC3. The van der Waals surface area contributed by atoms with Crippen LogP contribution in [0.3, 0.4) is 0 Å². The number of hydrogen-bond acceptors (Lipinski definition) is 5. The van der Waals surface area contributed by atoms with E-state index < -0.39 is 0 Å². The zero-order chi connectivity index (χ0) is 18.1. The van der Waals surface area contributed by atoms with Gasteiger partial charge in [-0.15, -0.1) is 11.3 Å². The summed E-state index contributed by atoms with van der Waals surface area (Å²) in [6.45, 7) is 0. The average Bonchev–Trinajstić information content (AvgIpc) is 3.05. The second-order valence-electron chi connectivity index (χ2n) is 6.22. The highest BCUT2D eigenvalue weighted by atomic mass is 32.1.